The summed E-state index contributed by atoms with van der Waals surface area (Å²) in [5.74, 6) is 0. The molecule has 0 spiro atoms. The van der Waals surface area contributed by atoms with E-state index >= 15 is 0 Å². The van der Waals surface area contributed by atoms with E-state index in [2.05, 4.69) is 40.1 Å². The van der Waals surface area contributed by atoms with Crippen LogP contribution in [0.15, 0.2) is 0 Å². The van der Waals surface area contributed by atoms with Crippen molar-refractivity contribution in [3.8, 4) is 0 Å². The molecule has 0 aromatic rings. The van der Waals surface area contributed by atoms with Crippen LogP contribution >= 0.6 is 20.7 Å². The maximum Gasteiger partial charge on any atom is 0.540 e. The molecule has 8 heteroatoms. The number of rotatable bonds is 15. The predicted octanol–water partition coefficient (Wildman–Crippen LogP) is 5.01. The summed E-state index contributed by atoms with van der Waals surface area (Å²) in [6, 6.07) is 0. The maximum absolute atomic E-state index is 11.8. The van der Waals surface area contributed by atoms with Gasteiger partial charge in [-0.15, -0.1) is 9.35 Å². The molecule has 0 rings (SSSR count). The smallest absolute Gasteiger partial charge is 0.226 e. The van der Waals surface area contributed by atoms with Gasteiger partial charge in [0.05, 0.1) is 13.2 Å². The van der Waals surface area contributed by atoms with E-state index in [4.69, 9.17) is 9.78 Å². The van der Waals surface area contributed by atoms with Gasteiger partial charge in [-0.2, -0.15) is 0 Å². The Balaban J connectivity index is 3.60. The Hall–Kier alpha value is 0.380. The fourth-order valence-electron chi connectivity index (χ4n) is 1.42. The van der Waals surface area contributed by atoms with Crippen LogP contribution in [-0.4, -0.2) is 13.2 Å². The summed E-state index contributed by atoms with van der Waals surface area (Å²) in [6.07, 6.45) is 8.21. The quantitative estimate of drug-likeness (QED) is 0.114. The second kappa shape index (κ2) is 14.3. The van der Waals surface area contributed by atoms with Crippen molar-refractivity contribution in [3.63, 3.8) is 0 Å². The molecule has 0 aromatic heterocycles. The second-order valence-corrected chi connectivity index (χ2v) is 6.29. The minimum absolute atomic E-state index is 0.320. The van der Waals surface area contributed by atoms with Crippen LogP contribution in [0.3, 0.4) is 0 Å². The first-order valence-electron chi connectivity index (χ1n) is 7.24. The molecule has 0 saturated heterocycles. The summed E-state index contributed by atoms with van der Waals surface area (Å²) in [5, 5.41) is 0. The molecule has 122 valence electrons. The van der Waals surface area contributed by atoms with Crippen molar-refractivity contribution >= 4 is 20.7 Å². The minimum Gasteiger partial charge on any atom is -0.226 e. The number of hydrogen-bond acceptors (Lipinski definition) is 7. The lowest BCUT2D eigenvalue weighted by atomic mass is 10.2. The van der Waals surface area contributed by atoms with Crippen LogP contribution in [0.25, 0.3) is 0 Å². The van der Waals surface area contributed by atoms with Gasteiger partial charge in [0.15, 0.2) is 0 Å². The minimum atomic E-state index is -3.89. The maximum atomic E-state index is 11.8. The van der Waals surface area contributed by atoms with Crippen molar-refractivity contribution in [3.05, 3.63) is 0 Å². The van der Waals surface area contributed by atoms with Crippen LogP contribution in [-0.2, 0) is 27.7 Å². The molecular weight excluding hydrogens is 303 g/mol. The van der Waals surface area contributed by atoms with Gasteiger partial charge in [0.25, 0.3) is 0 Å². The third-order valence-corrected chi connectivity index (χ3v) is 3.93. The van der Waals surface area contributed by atoms with Gasteiger partial charge in [0, 0.05) is 0 Å². The van der Waals surface area contributed by atoms with Crippen LogP contribution in [0.5, 0.6) is 0 Å². The highest BCUT2D eigenvalue weighted by Crippen LogP contribution is 2.51. The lowest BCUT2D eigenvalue weighted by molar-refractivity contribution is -0.277. The Kier molecular flexibility index (Phi) is 14.6. The Morgan fingerprint density at radius 2 is 1.25 bits per heavy atom. The van der Waals surface area contributed by atoms with Gasteiger partial charge < -0.3 is 0 Å². The highest BCUT2D eigenvalue weighted by molar-refractivity contribution is 7.80. The summed E-state index contributed by atoms with van der Waals surface area (Å²) in [5.41, 5.74) is 0. The Bertz CT molecular complexity index is 234. The first-order valence-corrected chi connectivity index (χ1v) is 9.06. The largest absolute Gasteiger partial charge is 0.540 e. The number of thiol groups is 1. The average molecular weight is 330 g/mol. The lowest BCUT2D eigenvalue weighted by Crippen LogP contribution is -2.01. The van der Waals surface area contributed by atoms with Gasteiger partial charge in [0.1, 0.15) is 0 Å². The van der Waals surface area contributed by atoms with Crippen molar-refractivity contribution in [1.82, 2.24) is 0 Å². The van der Waals surface area contributed by atoms with Crippen molar-refractivity contribution in [2.45, 2.75) is 65.2 Å². The molecule has 0 atom stereocenters. The third kappa shape index (κ3) is 12.1. The molecule has 0 aliphatic heterocycles. The highest BCUT2D eigenvalue weighted by atomic mass is 32.1. The summed E-state index contributed by atoms with van der Waals surface area (Å²) >= 11 is 3.45. The molecule has 20 heavy (non-hydrogen) atoms. The Morgan fingerprint density at radius 3 is 1.60 bits per heavy atom. The van der Waals surface area contributed by atoms with E-state index in [1.807, 2.05) is 0 Å². The lowest BCUT2D eigenvalue weighted by Gasteiger charge is -2.12. The SMILES string of the molecule is CCCCCCOOP(=O)(OS)OOCCCCCC. The van der Waals surface area contributed by atoms with Crippen molar-refractivity contribution in [2.24, 2.45) is 0 Å². The van der Waals surface area contributed by atoms with E-state index in [1.54, 1.807) is 0 Å². The second-order valence-electron chi connectivity index (χ2n) is 4.44. The highest BCUT2D eigenvalue weighted by Gasteiger charge is 2.29. The van der Waals surface area contributed by atoms with Crippen molar-refractivity contribution in [2.75, 3.05) is 13.2 Å². The third-order valence-electron chi connectivity index (χ3n) is 2.55. The van der Waals surface area contributed by atoms with Gasteiger partial charge in [-0.3, -0.25) is 0 Å². The fraction of sp³-hybridized carbons (Fsp3) is 1.00. The molecule has 0 saturated carbocycles. The molecule has 0 aliphatic rings. The van der Waals surface area contributed by atoms with E-state index in [0.29, 0.717) is 13.2 Å². The number of phosphoric acid groups is 1. The molecule has 0 radical (unpaired) electrons. The Labute approximate surface area is 127 Å². The van der Waals surface area contributed by atoms with E-state index < -0.39 is 7.82 Å². The standard InChI is InChI=1S/C12H27O6PS/c1-3-5-7-9-11-14-16-19(13,18-20)17-15-12-10-8-6-4-2/h20H,3-12H2,1-2H3. The van der Waals surface area contributed by atoms with E-state index in [1.165, 1.54) is 0 Å². The molecular formula is C12H27O6PS. The number of unbranched alkanes of at least 4 members (excludes halogenated alkanes) is 6. The molecule has 0 N–H and O–H groups in total. The molecule has 0 bridgehead atoms. The molecule has 6 nitrogen and oxygen atoms in total. The molecule has 0 aromatic carbocycles. The van der Waals surface area contributed by atoms with Gasteiger partial charge >= 0.3 is 7.82 Å². The van der Waals surface area contributed by atoms with Gasteiger partial charge in [0.2, 0.25) is 0 Å². The van der Waals surface area contributed by atoms with Gasteiger partial charge in [-0.25, -0.2) is 18.3 Å². The topological polar surface area (TPSA) is 63.2 Å². The summed E-state index contributed by atoms with van der Waals surface area (Å²) in [4.78, 5) is 9.58. The van der Waals surface area contributed by atoms with Crippen LogP contribution in [0.4, 0.5) is 0 Å². The normalized spacial score (nSPS) is 11.9. The van der Waals surface area contributed by atoms with E-state index in [0.717, 1.165) is 51.4 Å². The molecule has 0 amide bonds. The fourth-order valence-corrected chi connectivity index (χ4v) is 2.07. The van der Waals surface area contributed by atoms with Crippen molar-refractivity contribution in [1.29, 1.82) is 0 Å². The van der Waals surface area contributed by atoms with Crippen molar-refractivity contribution < 1.29 is 27.7 Å². The van der Waals surface area contributed by atoms with Gasteiger partial charge in [-0.05, 0) is 25.8 Å². The first kappa shape index (κ1) is 20.4. The zero-order chi connectivity index (χ0) is 15.1. The average Bonchev–Trinajstić information content (AvgIpc) is 2.46. The monoisotopic (exact) mass is 330 g/mol. The van der Waals surface area contributed by atoms with Crippen LogP contribution in [0.2, 0.25) is 0 Å². The van der Waals surface area contributed by atoms with E-state index in [-0.39, 0.29) is 0 Å². The van der Waals surface area contributed by atoms with Crippen LogP contribution in [0.1, 0.15) is 65.2 Å². The predicted molar refractivity (Wildman–Crippen MR) is 80.0 cm³/mol. The molecule has 0 aliphatic carbocycles. The summed E-state index contributed by atoms with van der Waals surface area (Å²) in [7, 11) is -3.89. The molecule has 0 fully saturated rings. The van der Waals surface area contributed by atoms with Crippen LogP contribution < -0.4 is 0 Å². The molecule has 0 unspecified atom stereocenters. The van der Waals surface area contributed by atoms with E-state index in [9.17, 15) is 4.57 Å². The summed E-state index contributed by atoms with van der Waals surface area (Å²) in [6.45, 7) is 4.87. The zero-order valence-corrected chi connectivity index (χ0v) is 14.2. The first-order chi connectivity index (χ1) is 9.68. The van der Waals surface area contributed by atoms with Crippen LogP contribution in [0, 0.1) is 0 Å². The summed E-state index contributed by atoms with van der Waals surface area (Å²) < 4.78 is 25.3. The zero-order valence-electron chi connectivity index (χ0n) is 12.4. The number of hydrogen-bond donors (Lipinski definition) is 1. The Morgan fingerprint density at radius 1 is 0.800 bits per heavy atom. The molecule has 0 heterocycles. The van der Waals surface area contributed by atoms with Gasteiger partial charge in [-0.1, -0.05) is 52.4 Å².